The van der Waals surface area contributed by atoms with Crippen LogP contribution in [-0.4, -0.2) is 33.7 Å². The predicted octanol–water partition coefficient (Wildman–Crippen LogP) is 1.55. The molecule has 3 unspecified atom stereocenters. The summed E-state index contributed by atoms with van der Waals surface area (Å²) in [5.41, 5.74) is 1.93. The van der Waals surface area contributed by atoms with Crippen LogP contribution in [0.25, 0.3) is 0 Å². The Morgan fingerprint density at radius 1 is 1.23 bits per heavy atom. The highest BCUT2D eigenvalue weighted by molar-refractivity contribution is 5.80. The number of carbonyl (C=O) groups excluding carboxylic acids is 1. The van der Waals surface area contributed by atoms with E-state index >= 15 is 0 Å². The number of likely N-dealkylation sites (tertiary alicyclic amines) is 1. The molecule has 0 bridgehead atoms. The number of hydrogen-bond acceptors (Lipinski definition) is 3. The van der Waals surface area contributed by atoms with Gasteiger partial charge in [0.2, 0.25) is 5.91 Å². The van der Waals surface area contributed by atoms with Gasteiger partial charge in [0.15, 0.2) is 0 Å². The molecule has 3 aliphatic rings. The molecular weight excluding hydrogens is 278 g/mol. The van der Waals surface area contributed by atoms with E-state index in [-0.39, 0.29) is 11.5 Å². The van der Waals surface area contributed by atoms with Crippen LogP contribution in [0.5, 0.6) is 0 Å². The minimum absolute atomic E-state index is 0.0574. The van der Waals surface area contributed by atoms with Crippen LogP contribution >= 0.6 is 0 Å². The number of hydrogen-bond donors (Lipinski definition) is 0. The van der Waals surface area contributed by atoms with Crippen molar-refractivity contribution in [2.75, 3.05) is 13.1 Å². The highest BCUT2D eigenvalue weighted by Crippen LogP contribution is 2.38. The summed E-state index contributed by atoms with van der Waals surface area (Å²) in [5.74, 6) is 1.42. The number of carbonyl (C=O) groups is 1. The zero-order valence-electron chi connectivity index (χ0n) is 13.1. The molecule has 2 heterocycles. The monoisotopic (exact) mass is 301 g/mol. The molecule has 3 atom stereocenters. The summed E-state index contributed by atoms with van der Waals surface area (Å²) in [6.07, 6.45) is 6.72. The molecule has 0 radical (unpaired) electrons. The predicted molar refractivity (Wildman–Crippen MR) is 82.6 cm³/mol. The standard InChI is InChI=1S/C17H23N3O2/c1-11(17(22)19-9-13-5-2-6-14(13)10-19)20-16(21)8-12-4-3-7-15(12)18-20/h8,11,13-14H,2-7,9-10H2,1H3. The lowest BCUT2D eigenvalue weighted by atomic mass is 10.0. The Balaban J connectivity index is 1.55. The van der Waals surface area contributed by atoms with Gasteiger partial charge >= 0.3 is 0 Å². The Labute approximate surface area is 130 Å². The third-order valence-corrected chi connectivity index (χ3v) is 5.74. The first-order chi connectivity index (χ1) is 10.6. The van der Waals surface area contributed by atoms with Gasteiger partial charge in [0.25, 0.3) is 5.56 Å². The van der Waals surface area contributed by atoms with E-state index < -0.39 is 6.04 Å². The lowest BCUT2D eigenvalue weighted by Gasteiger charge is -2.22. The van der Waals surface area contributed by atoms with Crippen molar-refractivity contribution < 1.29 is 4.79 Å². The minimum atomic E-state index is -0.489. The normalized spacial score (nSPS) is 27.8. The van der Waals surface area contributed by atoms with E-state index in [0.29, 0.717) is 11.8 Å². The third-order valence-electron chi connectivity index (χ3n) is 5.74. The van der Waals surface area contributed by atoms with Gasteiger partial charge in [0, 0.05) is 19.2 Å². The molecule has 5 heteroatoms. The fraction of sp³-hybridized carbons (Fsp3) is 0.706. The van der Waals surface area contributed by atoms with E-state index in [1.165, 1.54) is 23.9 Å². The molecular formula is C17H23N3O2. The summed E-state index contributed by atoms with van der Waals surface area (Å²) < 4.78 is 1.40. The van der Waals surface area contributed by atoms with Crippen molar-refractivity contribution in [3.63, 3.8) is 0 Å². The molecule has 1 aromatic rings. The summed E-state index contributed by atoms with van der Waals surface area (Å²) in [7, 11) is 0. The summed E-state index contributed by atoms with van der Waals surface area (Å²) in [4.78, 5) is 27.0. The molecule has 5 nitrogen and oxygen atoms in total. The maximum Gasteiger partial charge on any atom is 0.267 e. The van der Waals surface area contributed by atoms with Crippen LogP contribution in [0, 0.1) is 11.8 Å². The van der Waals surface area contributed by atoms with Crippen LogP contribution in [-0.2, 0) is 17.6 Å². The number of nitrogens with zero attached hydrogens (tertiary/aromatic N) is 3. The first kappa shape index (κ1) is 14.0. The van der Waals surface area contributed by atoms with Crippen LogP contribution in [0.3, 0.4) is 0 Å². The maximum atomic E-state index is 12.8. The average Bonchev–Trinajstić information content (AvgIpc) is 3.19. The first-order valence-corrected chi connectivity index (χ1v) is 8.54. The van der Waals surface area contributed by atoms with E-state index in [0.717, 1.165) is 43.6 Å². The molecule has 4 rings (SSSR count). The van der Waals surface area contributed by atoms with E-state index in [1.54, 1.807) is 6.07 Å². The number of amides is 1. The summed E-state index contributed by atoms with van der Waals surface area (Å²) >= 11 is 0. The molecule has 2 fully saturated rings. The molecule has 0 spiro atoms. The average molecular weight is 301 g/mol. The zero-order valence-corrected chi connectivity index (χ0v) is 13.1. The Morgan fingerprint density at radius 2 is 1.95 bits per heavy atom. The van der Waals surface area contributed by atoms with E-state index in [4.69, 9.17) is 0 Å². The molecule has 1 saturated carbocycles. The zero-order chi connectivity index (χ0) is 15.3. The van der Waals surface area contributed by atoms with E-state index in [2.05, 4.69) is 5.10 Å². The lowest BCUT2D eigenvalue weighted by Crippen LogP contribution is -2.39. The van der Waals surface area contributed by atoms with Crippen molar-refractivity contribution in [3.05, 3.63) is 27.7 Å². The van der Waals surface area contributed by atoms with Crippen molar-refractivity contribution in [1.29, 1.82) is 0 Å². The SMILES string of the molecule is CC(C(=O)N1CC2CCCC2C1)n1nc2c(cc1=O)CCC2. The van der Waals surface area contributed by atoms with Gasteiger partial charge in [-0.15, -0.1) is 0 Å². The summed E-state index contributed by atoms with van der Waals surface area (Å²) in [6, 6.07) is 1.19. The number of aromatic nitrogens is 2. The van der Waals surface area contributed by atoms with Gasteiger partial charge < -0.3 is 4.90 Å². The smallest absolute Gasteiger partial charge is 0.267 e. The molecule has 1 saturated heterocycles. The molecule has 1 amide bonds. The molecule has 118 valence electrons. The van der Waals surface area contributed by atoms with Gasteiger partial charge in [0.1, 0.15) is 6.04 Å². The second-order valence-corrected chi connectivity index (χ2v) is 7.12. The quantitative estimate of drug-likeness (QED) is 0.833. The van der Waals surface area contributed by atoms with Gasteiger partial charge in [-0.1, -0.05) is 6.42 Å². The summed E-state index contributed by atoms with van der Waals surface area (Å²) in [5, 5.41) is 4.47. The Hall–Kier alpha value is -1.65. The lowest BCUT2D eigenvalue weighted by molar-refractivity contribution is -0.133. The van der Waals surface area contributed by atoms with Gasteiger partial charge in [0.05, 0.1) is 5.69 Å². The molecule has 1 aromatic heterocycles. The highest BCUT2D eigenvalue weighted by atomic mass is 16.2. The van der Waals surface area contributed by atoms with Crippen molar-refractivity contribution in [2.24, 2.45) is 11.8 Å². The Bertz CT molecular complexity index is 654. The first-order valence-electron chi connectivity index (χ1n) is 8.54. The Morgan fingerprint density at radius 3 is 2.68 bits per heavy atom. The second kappa shape index (κ2) is 5.21. The largest absolute Gasteiger partial charge is 0.340 e. The van der Waals surface area contributed by atoms with Crippen LogP contribution in [0.1, 0.15) is 49.9 Å². The topological polar surface area (TPSA) is 55.2 Å². The van der Waals surface area contributed by atoms with Gasteiger partial charge in [-0.3, -0.25) is 9.59 Å². The van der Waals surface area contributed by atoms with Crippen molar-refractivity contribution >= 4 is 5.91 Å². The molecule has 0 N–H and O–H groups in total. The fourth-order valence-corrected chi connectivity index (χ4v) is 4.48. The van der Waals surface area contributed by atoms with Crippen molar-refractivity contribution in [2.45, 2.75) is 51.5 Å². The second-order valence-electron chi connectivity index (χ2n) is 7.12. The Kier molecular flexibility index (Phi) is 3.31. The highest BCUT2D eigenvalue weighted by Gasteiger charge is 2.39. The molecule has 0 aromatic carbocycles. The van der Waals surface area contributed by atoms with Crippen LogP contribution in [0.15, 0.2) is 10.9 Å². The van der Waals surface area contributed by atoms with Crippen LogP contribution in [0.4, 0.5) is 0 Å². The van der Waals surface area contributed by atoms with E-state index in [1.807, 2.05) is 11.8 Å². The van der Waals surface area contributed by atoms with Crippen molar-refractivity contribution in [1.82, 2.24) is 14.7 Å². The molecule has 2 aliphatic carbocycles. The molecule has 22 heavy (non-hydrogen) atoms. The number of rotatable bonds is 2. The fourth-order valence-electron chi connectivity index (χ4n) is 4.48. The van der Waals surface area contributed by atoms with Gasteiger partial charge in [-0.2, -0.15) is 5.10 Å². The number of aryl methyl sites for hydroxylation is 2. The van der Waals surface area contributed by atoms with Gasteiger partial charge in [-0.25, -0.2) is 4.68 Å². The van der Waals surface area contributed by atoms with Crippen LogP contribution < -0.4 is 5.56 Å². The third kappa shape index (κ3) is 2.18. The minimum Gasteiger partial charge on any atom is -0.340 e. The van der Waals surface area contributed by atoms with Crippen molar-refractivity contribution in [3.8, 4) is 0 Å². The maximum absolute atomic E-state index is 12.8. The molecule has 1 aliphatic heterocycles. The van der Waals surface area contributed by atoms with Crippen LogP contribution in [0.2, 0.25) is 0 Å². The number of fused-ring (bicyclic) bond motifs is 2. The summed E-state index contributed by atoms with van der Waals surface area (Å²) in [6.45, 7) is 3.55. The van der Waals surface area contributed by atoms with Gasteiger partial charge in [-0.05, 0) is 56.4 Å². The van der Waals surface area contributed by atoms with E-state index in [9.17, 15) is 9.59 Å².